The Kier molecular flexibility index (Phi) is 5.26. The van der Waals surface area contributed by atoms with Gasteiger partial charge in [0.1, 0.15) is 0 Å². The number of carbonyl (C=O) groups excluding carboxylic acids is 1. The van der Waals surface area contributed by atoms with Gasteiger partial charge in [-0.3, -0.25) is 4.79 Å². The minimum absolute atomic E-state index is 0.0229. The van der Waals surface area contributed by atoms with Crippen LogP contribution in [0.5, 0.6) is 0 Å². The van der Waals surface area contributed by atoms with Crippen LogP contribution >= 0.6 is 22.6 Å². The van der Waals surface area contributed by atoms with Crippen molar-refractivity contribution in [2.75, 3.05) is 18.4 Å². The summed E-state index contributed by atoms with van der Waals surface area (Å²) in [6, 6.07) is 10.1. The van der Waals surface area contributed by atoms with Gasteiger partial charge in [-0.25, -0.2) is 8.42 Å². The van der Waals surface area contributed by atoms with Gasteiger partial charge in [-0.2, -0.15) is 4.31 Å². The number of amides is 1. The number of carbonyl (C=O) groups is 1. The molecule has 0 saturated carbocycles. The van der Waals surface area contributed by atoms with Crippen molar-refractivity contribution >= 4 is 44.2 Å². The van der Waals surface area contributed by atoms with Crippen LogP contribution in [0.3, 0.4) is 0 Å². The Balaban J connectivity index is 1.77. The quantitative estimate of drug-likeness (QED) is 0.711. The molecule has 1 aromatic heterocycles. The third-order valence-corrected chi connectivity index (χ3v) is 6.55. The van der Waals surface area contributed by atoms with Crippen LogP contribution in [0.1, 0.15) is 29.8 Å². The average molecular weight is 460 g/mol. The zero-order valence-corrected chi connectivity index (χ0v) is 15.8. The second-order valence-electron chi connectivity index (χ2n) is 5.52. The first kappa shape index (κ1) is 17.4. The molecule has 1 saturated heterocycles. The first-order valence-corrected chi connectivity index (χ1v) is 10.2. The number of piperidine rings is 1. The monoisotopic (exact) mass is 460 g/mol. The Bertz CT molecular complexity index is 841. The predicted octanol–water partition coefficient (Wildman–Crippen LogP) is 3.31. The number of nitrogens with zero attached hydrogens (tertiary/aromatic N) is 1. The Hall–Kier alpha value is -1.39. The molecular weight excluding hydrogens is 443 g/mol. The van der Waals surface area contributed by atoms with E-state index >= 15 is 0 Å². The number of halogens is 1. The molecule has 0 radical (unpaired) electrons. The number of hydrogen-bond acceptors (Lipinski definition) is 4. The van der Waals surface area contributed by atoms with Gasteiger partial charge >= 0.3 is 0 Å². The number of nitrogens with one attached hydrogen (secondary N) is 1. The van der Waals surface area contributed by atoms with E-state index in [9.17, 15) is 13.2 Å². The molecule has 128 valence electrons. The lowest BCUT2D eigenvalue weighted by atomic mass is 10.2. The molecule has 2 heterocycles. The van der Waals surface area contributed by atoms with Crippen LogP contribution in [0.25, 0.3) is 0 Å². The fourth-order valence-corrected chi connectivity index (χ4v) is 4.51. The first-order chi connectivity index (χ1) is 11.5. The van der Waals surface area contributed by atoms with E-state index in [0.717, 1.165) is 22.8 Å². The maximum atomic E-state index is 12.5. The van der Waals surface area contributed by atoms with Gasteiger partial charge in [-0.15, -0.1) is 0 Å². The largest absolute Gasteiger partial charge is 0.438 e. The van der Waals surface area contributed by atoms with Gasteiger partial charge in [0.2, 0.25) is 5.09 Å². The molecule has 1 aliphatic rings. The number of hydrogen-bond donors (Lipinski definition) is 1. The maximum Gasteiger partial charge on any atom is 0.291 e. The first-order valence-electron chi connectivity index (χ1n) is 7.64. The summed E-state index contributed by atoms with van der Waals surface area (Å²) in [5.74, 6) is -0.496. The summed E-state index contributed by atoms with van der Waals surface area (Å²) >= 11 is 2.11. The fourth-order valence-electron chi connectivity index (χ4n) is 2.56. The predicted molar refractivity (Wildman–Crippen MR) is 98.4 cm³/mol. The molecule has 0 unspecified atom stereocenters. The standard InChI is InChI=1S/C16H17IN2O4S/c17-12-6-2-3-7-13(12)18-16(20)14-8-9-15(23-14)24(21,22)19-10-4-1-5-11-19/h2-3,6-9H,1,4-5,10-11H2,(H,18,20). The van der Waals surface area contributed by atoms with Crippen molar-refractivity contribution in [1.82, 2.24) is 4.31 Å². The lowest BCUT2D eigenvalue weighted by molar-refractivity contribution is 0.0991. The van der Waals surface area contributed by atoms with E-state index in [1.165, 1.54) is 16.4 Å². The van der Waals surface area contributed by atoms with Gasteiger partial charge in [0.15, 0.2) is 5.76 Å². The van der Waals surface area contributed by atoms with Gasteiger partial charge in [0.25, 0.3) is 15.9 Å². The van der Waals surface area contributed by atoms with Gasteiger partial charge in [0.05, 0.1) is 5.69 Å². The number of anilines is 1. The second-order valence-corrected chi connectivity index (χ2v) is 8.55. The van der Waals surface area contributed by atoms with E-state index in [0.29, 0.717) is 18.8 Å². The maximum absolute atomic E-state index is 12.5. The minimum atomic E-state index is -3.67. The van der Waals surface area contributed by atoms with Crippen LogP contribution in [-0.2, 0) is 10.0 Å². The zero-order chi connectivity index (χ0) is 17.2. The molecule has 3 rings (SSSR count). The molecule has 0 bridgehead atoms. The summed E-state index contributed by atoms with van der Waals surface area (Å²) < 4.78 is 32.7. The van der Waals surface area contributed by atoms with Crippen LogP contribution in [0, 0.1) is 3.57 Å². The van der Waals surface area contributed by atoms with Gasteiger partial charge in [0, 0.05) is 16.7 Å². The smallest absolute Gasteiger partial charge is 0.291 e. The van der Waals surface area contributed by atoms with Crippen molar-refractivity contribution in [3.05, 3.63) is 45.7 Å². The topological polar surface area (TPSA) is 79.6 Å². The van der Waals surface area contributed by atoms with E-state index in [4.69, 9.17) is 4.42 Å². The molecular formula is C16H17IN2O4S. The molecule has 1 aromatic carbocycles. The normalized spacial score (nSPS) is 16.0. The van der Waals surface area contributed by atoms with E-state index in [1.54, 1.807) is 6.07 Å². The SMILES string of the molecule is O=C(Nc1ccccc1I)c1ccc(S(=O)(=O)N2CCCCC2)o1. The van der Waals surface area contributed by atoms with Crippen molar-refractivity contribution in [2.24, 2.45) is 0 Å². The van der Waals surface area contributed by atoms with Crippen LogP contribution in [0.4, 0.5) is 5.69 Å². The highest BCUT2D eigenvalue weighted by Crippen LogP contribution is 2.23. The molecule has 0 aliphatic carbocycles. The summed E-state index contributed by atoms with van der Waals surface area (Å²) in [4.78, 5) is 12.3. The van der Waals surface area contributed by atoms with Crippen molar-refractivity contribution in [1.29, 1.82) is 0 Å². The lowest BCUT2D eigenvalue weighted by Gasteiger charge is -2.24. The summed E-state index contributed by atoms with van der Waals surface area (Å²) in [7, 11) is -3.67. The lowest BCUT2D eigenvalue weighted by Crippen LogP contribution is -2.35. The van der Waals surface area contributed by atoms with Gasteiger partial charge in [-0.1, -0.05) is 18.6 Å². The molecule has 1 N–H and O–H groups in total. The average Bonchev–Trinajstić information content (AvgIpc) is 3.09. The molecule has 0 atom stereocenters. The van der Waals surface area contributed by atoms with Gasteiger partial charge < -0.3 is 9.73 Å². The van der Waals surface area contributed by atoms with Gasteiger partial charge in [-0.05, 0) is 59.7 Å². The molecule has 6 nitrogen and oxygen atoms in total. The van der Waals surface area contributed by atoms with E-state index < -0.39 is 15.9 Å². The Morgan fingerprint density at radius 1 is 1.08 bits per heavy atom. The molecule has 8 heteroatoms. The van der Waals surface area contributed by atoms with Crippen LogP contribution in [0.2, 0.25) is 0 Å². The van der Waals surface area contributed by atoms with E-state index in [1.807, 2.05) is 18.2 Å². The second kappa shape index (κ2) is 7.24. The van der Waals surface area contributed by atoms with Crippen molar-refractivity contribution < 1.29 is 17.6 Å². The highest BCUT2D eigenvalue weighted by Gasteiger charge is 2.29. The van der Waals surface area contributed by atoms with Crippen LogP contribution in [0.15, 0.2) is 45.9 Å². The molecule has 1 amide bonds. The highest BCUT2D eigenvalue weighted by atomic mass is 127. The summed E-state index contributed by atoms with van der Waals surface area (Å²) in [6.45, 7) is 0.986. The molecule has 0 spiro atoms. The fraction of sp³-hybridized carbons (Fsp3) is 0.312. The zero-order valence-electron chi connectivity index (χ0n) is 12.9. The summed E-state index contributed by atoms with van der Waals surface area (Å²) in [5.41, 5.74) is 0.653. The minimum Gasteiger partial charge on any atom is -0.438 e. The molecule has 24 heavy (non-hydrogen) atoms. The molecule has 2 aromatic rings. The third-order valence-electron chi connectivity index (χ3n) is 3.84. The number of para-hydroxylation sites is 1. The third kappa shape index (κ3) is 3.65. The van der Waals surface area contributed by atoms with E-state index in [2.05, 4.69) is 27.9 Å². The van der Waals surface area contributed by atoms with Crippen molar-refractivity contribution in [3.8, 4) is 0 Å². The number of rotatable bonds is 4. The summed E-state index contributed by atoms with van der Waals surface area (Å²) in [5, 5.41) is 2.54. The Labute approximate surface area is 154 Å². The Morgan fingerprint density at radius 3 is 2.50 bits per heavy atom. The number of benzene rings is 1. The summed E-state index contributed by atoms with van der Waals surface area (Å²) in [6.07, 6.45) is 2.73. The highest BCUT2D eigenvalue weighted by molar-refractivity contribution is 14.1. The number of sulfonamides is 1. The van der Waals surface area contributed by atoms with Crippen molar-refractivity contribution in [3.63, 3.8) is 0 Å². The number of furan rings is 1. The van der Waals surface area contributed by atoms with Crippen molar-refractivity contribution in [2.45, 2.75) is 24.4 Å². The Morgan fingerprint density at radius 2 is 1.79 bits per heavy atom. The molecule has 1 fully saturated rings. The van der Waals surface area contributed by atoms with E-state index in [-0.39, 0.29) is 10.9 Å². The van der Waals surface area contributed by atoms with Crippen LogP contribution < -0.4 is 5.32 Å². The molecule has 1 aliphatic heterocycles. The van der Waals surface area contributed by atoms with Crippen LogP contribution in [-0.4, -0.2) is 31.7 Å².